The number of aromatic nitrogens is 2. The molecule has 0 radical (unpaired) electrons. The van der Waals surface area contributed by atoms with E-state index in [9.17, 15) is 14.4 Å². The maximum Gasteiger partial charge on any atom is 0.315 e. The molecule has 0 spiro atoms. The van der Waals surface area contributed by atoms with Gasteiger partial charge in [0.15, 0.2) is 0 Å². The molecule has 9 nitrogen and oxygen atoms in total. The summed E-state index contributed by atoms with van der Waals surface area (Å²) in [6.45, 7) is 4.20. The molecule has 1 saturated carbocycles. The maximum atomic E-state index is 13.7. The van der Waals surface area contributed by atoms with E-state index >= 15 is 0 Å². The second kappa shape index (κ2) is 12.7. The van der Waals surface area contributed by atoms with Crippen LogP contribution < -0.4 is 10.6 Å². The highest BCUT2D eigenvalue weighted by molar-refractivity contribution is 5.88. The third-order valence-electron chi connectivity index (χ3n) is 7.89. The zero-order valence-corrected chi connectivity index (χ0v) is 21.7. The van der Waals surface area contributed by atoms with E-state index in [2.05, 4.69) is 15.6 Å². The van der Waals surface area contributed by atoms with Gasteiger partial charge >= 0.3 is 12.0 Å². The Morgan fingerprint density at radius 2 is 1.86 bits per heavy atom. The smallest absolute Gasteiger partial charge is 0.315 e. The van der Waals surface area contributed by atoms with E-state index in [1.807, 2.05) is 52.9 Å². The summed E-state index contributed by atoms with van der Waals surface area (Å²) in [5.74, 6) is 0.103. The largest absolute Gasteiger partial charge is 0.466 e. The molecule has 4 rings (SSSR count). The fourth-order valence-electron chi connectivity index (χ4n) is 5.86. The molecule has 1 aromatic heterocycles. The summed E-state index contributed by atoms with van der Waals surface area (Å²) < 4.78 is 7.40. The lowest BCUT2D eigenvalue weighted by atomic mass is 9.67. The Morgan fingerprint density at radius 1 is 1.14 bits per heavy atom. The average Bonchev–Trinajstić information content (AvgIpc) is 3.64. The SMILES string of the molecule is CCOC(=O)C1(C2CCCC2)CCN(C(=O)C(Cc2ccccc2)NC(=O)NCCn2ccnc2)CC1. The van der Waals surface area contributed by atoms with Crippen molar-refractivity contribution in [1.82, 2.24) is 25.1 Å². The lowest BCUT2D eigenvalue weighted by Crippen LogP contribution is -2.56. The number of hydrogen-bond acceptors (Lipinski definition) is 5. The van der Waals surface area contributed by atoms with Gasteiger partial charge in [-0.3, -0.25) is 9.59 Å². The van der Waals surface area contributed by atoms with Crippen molar-refractivity contribution in [3.05, 3.63) is 54.6 Å². The molecule has 2 heterocycles. The zero-order valence-electron chi connectivity index (χ0n) is 21.7. The van der Waals surface area contributed by atoms with Crippen molar-refractivity contribution in [2.75, 3.05) is 26.2 Å². The lowest BCUT2D eigenvalue weighted by Gasteiger charge is -2.44. The molecule has 1 unspecified atom stereocenters. The number of imidazole rings is 1. The predicted molar refractivity (Wildman–Crippen MR) is 140 cm³/mol. The van der Waals surface area contributed by atoms with E-state index in [1.165, 1.54) is 0 Å². The fourth-order valence-corrected chi connectivity index (χ4v) is 5.86. The van der Waals surface area contributed by atoms with Crippen molar-refractivity contribution < 1.29 is 19.1 Å². The van der Waals surface area contributed by atoms with Crippen LogP contribution in [-0.2, 0) is 27.3 Å². The van der Waals surface area contributed by atoms with Crippen molar-refractivity contribution in [1.29, 1.82) is 0 Å². The molecule has 2 fully saturated rings. The number of likely N-dealkylation sites (tertiary alicyclic amines) is 1. The fraction of sp³-hybridized carbons (Fsp3) is 0.571. The van der Waals surface area contributed by atoms with Gasteiger partial charge in [-0.2, -0.15) is 0 Å². The van der Waals surface area contributed by atoms with Crippen LogP contribution in [0.2, 0.25) is 0 Å². The summed E-state index contributed by atoms with van der Waals surface area (Å²) in [7, 11) is 0. The van der Waals surface area contributed by atoms with Gasteiger partial charge in [-0.25, -0.2) is 9.78 Å². The van der Waals surface area contributed by atoms with E-state index < -0.39 is 11.5 Å². The number of hydrogen-bond donors (Lipinski definition) is 2. The number of rotatable bonds is 10. The number of carbonyl (C=O) groups excluding carboxylic acids is 3. The molecule has 1 aliphatic heterocycles. The van der Waals surface area contributed by atoms with Crippen molar-refractivity contribution in [3.8, 4) is 0 Å². The molecule has 3 amide bonds. The first-order valence-corrected chi connectivity index (χ1v) is 13.5. The Kier molecular flexibility index (Phi) is 9.19. The lowest BCUT2D eigenvalue weighted by molar-refractivity contribution is -0.165. The Morgan fingerprint density at radius 3 is 2.51 bits per heavy atom. The Balaban J connectivity index is 1.40. The average molecular weight is 510 g/mol. The van der Waals surface area contributed by atoms with Crippen LogP contribution in [0.4, 0.5) is 4.79 Å². The molecule has 1 atom stereocenters. The maximum absolute atomic E-state index is 13.7. The molecule has 0 bridgehead atoms. The number of carbonyl (C=O) groups is 3. The predicted octanol–water partition coefficient (Wildman–Crippen LogP) is 3.16. The van der Waals surface area contributed by atoms with E-state index in [0.29, 0.717) is 58.0 Å². The zero-order chi connectivity index (χ0) is 26.1. The molecule has 2 aromatic rings. The molecule has 1 aliphatic carbocycles. The molecule has 1 aromatic carbocycles. The first kappa shape index (κ1) is 26.7. The van der Waals surface area contributed by atoms with Crippen molar-refractivity contribution in [3.63, 3.8) is 0 Å². The highest BCUT2D eigenvalue weighted by Gasteiger charge is 2.50. The van der Waals surface area contributed by atoms with E-state index in [4.69, 9.17) is 4.74 Å². The summed E-state index contributed by atoms with van der Waals surface area (Å²) in [4.78, 5) is 45.3. The second-order valence-electron chi connectivity index (χ2n) is 10.1. The van der Waals surface area contributed by atoms with E-state index in [0.717, 1.165) is 31.2 Å². The standard InChI is InChI=1S/C28H39N5O4/c1-2-37-26(35)28(23-10-6-7-11-23)12-16-33(17-13-28)25(34)24(20-22-8-4-3-5-9-22)31-27(36)30-15-19-32-18-14-29-21-32/h3-5,8-9,14,18,21,23-24H,2,6-7,10-13,15-17,19-20H2,1H3,(H2,30,31,36). The van der Waals surface area contributed by atoms with Gasteiger partial charge in [0, 0.05) is 45.0 Å². The quantitative estimate of drug-likeness (QED) is 0.479. The minimum Gasteiger partial charge on any atom is -0.466 e. The van der Waals surface area contributed by atoms with Crippen molar-refractivity contribution in [2.24, 2.45) is 11.3 Å². The number of esters is 1. The molecule has 9 heteroatoms. The van der Waals surface area contributed by atoms with Gasteiger partial charge < -0.3 is 24.8 Å². The summed E-state index contributed by atoms with van der Waals surface area (Å²) in [6, 6.07) is 8.63. The number of piperidine rings is 1. The highest BCUT2D eigenvalue weighted by atomic mass is 16.5. The van der Waals surface area contributed by atoms with Gasteiger partial charge in [0.25, 0.3) is 0 Å². The van der Waals surface area contributed by atoms with E-state index in [-0.39, 0.29) is 17.9 Å². The number of benzene rings is 1. The summed E-state index contributed by atoms with van der Waals surface area (Å²) in [5.41, 5.74) is 0.472. The second-order valence-corrected chi connectivity index (χ2v) is 10.1. The van der Waals surface area contributed by atoms with Crippen LogP contribution in [0.5, 0.6) is 0 Å². The molecule has 2 aliphatic rings. The van der Waals surface area contributed by atoms with Gasteiger partial charge in [-0.15, -0.1) is 0 Å². The minimum absolute atomic E-state index is 0.106. The first-order chi connectivity index (χ1) is 18.0. The van der Waals surface area contributed by atoms with Gasteiger partial charge in [0.2, 0.25) is 5.91 Å². The van der Waals surface area contributed by atoms with Crippen LogP contribution in [-0.4, -0.2) is 64.6 Å². The summed E-state index contributed by atoms with van der Waals surface area (Å²) in [5, 5.41) is 5.75. The molecular formula is C28H39N5O4. The minimum atomic E-state index is -0.697. The van der Waals surface area contributed by atoms with Crippen LogP contribution in [0.3, 0.4) is 0 Å². The van der Waals surface area contributed by atoms with Gasteiger partial charge in [-0.05, 0) is 44.1 Å². The molecule has 37 heavy (non-hydrogen) atoms. The summed E-state index contributed by atoms with van der Waals surface area (Å²) >= 11 is 0. The normalized spacial score (nSPS) is 18.2. The summed E-state index contributed by atoms with van der Waals surface area (Å²) in [6.07, 6.45) is 11.2. The van der Waals surface area contributed by atoms with Crippen LogP contribution in [0, 0.1) is 11.3 Å². The van der Waals surface area contributed by atoms with Gasteiger partial charge in [0.1, 0.15) is 6.04 Å². The van der Waals surface area contributed by atoms with Gasteiger partial charge in [-0.1, -0.05) is 43.2 Å². The van der Waals surface area contributed by atoms with Crippen LogP contribution in [0.15, 0.2) is 49.1 Å². The van der Waals surface area contributed by atoms with Crippen LogP contribution >= 0.6 is 0 Å². The molecule has 200 valence electrons. The molecule has 2 N–H and O–H groups in total. The third kappa shape index (κ3) is 6.70. The first-order valence-electron chi connectivity index (χ1n) is 13.5. The number of amides is 3. The van der Waals surface area contributed by atoms with E-state index in [1.54, 1.807) is 12.5 Å². The Bertz CT molecular complexity index is 1010. The number of nitrogens with one attached hydrogen (secondary N) is 2. The topological polar surface area (TPSA) is 106 Å². The Hall–Kier alpha value is -3.36. The van der Waals surface area contributed by atoms with Crippen molar-refractivity contribution >= 4 is 17.9 Å². The monoisotopic (exact) mass is 509 g/mol. The highest BCUT2D eigenvalue weighted by Crippen LogP contribution is 2.47. The van der Waals surface area contributed by atoms with Crippen molar-refractivity contribution in [2.45, 2.75) is 64.5 Å². The Labute approximate surface area is 219 Å². The molecular weight excluding hydrogens is 470 g/mol. The number of urea groups is 1. The third-order valence-corrected chi connectivity index (χ3v) is 7.89. The van der Waals surface area contributed by atoms with Gasteiger partial charge in [0.05, 0.1) is 18.3 Å². The number of nitrogens with zero attached hydrogens (tertiary/aromatic N) is 3. The number of ether oxygens (including phenoxy) is 1. The van der Waals surface area contributed by atoms with Crippen LogP contribution in [0.1, 0.15) is 51.0 Å². The molecule has 1 saturated heterocycles. The van der Waals surface area contributed by atoms with Crippen LogP contribution in [0.25, 0.3) is 0 Å².